The lowest BCUT2D eigenvalue weighted by Crippen LogP contribution is -2.32. The van der Waals surface area contributed by atoms with Gasteiger partial charge in [-0.2, -0.15) is 26.3 Å². The first-order valence-corrected chi connectivity index (χ1v) is 7.83. The first-order valence-electron chi connectivity index (χ1n) is 7.83. The Bertz CT molecular complexity index is 685. The van der Waals surface area contributed by atoms with Crippen LogP contribution in [0.1, 0.15) is 25.6 Å². The molecule has 5 nitrogen and oxygen atoms in total. The lowest BCUT2D eigenvalue weighted by atomic mass is 10.1. The van der Waals surface area contributed by atoms with Gasteiger partial charge in [0.2, 0.25) is 5.88 Å². The summed E-state index contributed by atoms with van der Waals surface area (Å²) >= 11 is 0. The van der Waals surface area contributed by atoms with E-state index in [2.05, 4.69) is 14.7 Å². The van der Waals surface area contributed by atoms with Crippen LogP contribution in [0.25, 0.3) is 0 Å². The van der Waals surface area contributed by atoms with E-state index in [4.69, 9.17) is 4.74 Å². The monoisotopic (exact) mass is 397 g/mol. The van der Waals surface area contributed by atoms with Crippen LogP contribution in [-0.2, 0) is 4.74 Å². The number of halogens is 6. The number of aromatic nitrogens is 2. The number of ether oxygens (including phenoxy) is 2. The molecule has 1 aromatic heterocycles. The lowest BCUT2D eigenvalue weighted by molar-refractivity contribution is -0.164. The molecule has 2 heterocycles. The van der Waals surface area contributed by atoms with Crippen LogP contribution in [0, 0.1) is 0 Å². The van der Waals surface area contributed by atoms with Gasteiger partial charge in [-0.1, -0.05) is 6.08 Å². The fourth-order valence-electron chi connectivity index (χ4n) is 2.28. The fourth-order valence-corrected chi connectivity index (χ4v) is 2.28. The van der Waals surface area contributed by atoms with Gasteiger partial charge in [0.05, 0.1) is 24.1 Å². The highest BCUT2D eigenvalue weighted by molar-refractivity contribution is 5.22. The van der Waals surface area contributed by atoms with Crippen molar-refractivity contribution < 1.29 is 35.8 Å². The van der Waals surface area contributed by atoms with Gasteiger partial charge in [-0.15, -0.1) is 0 Å². The van der Waals surface area contributed by atoms with Crippen LogP contribution >= 0.6 is 0 Å². The lowest BCUT2D eigenvalue weighted by Gasteiger charge is -2.34. The first-order chi connectivity index (χ1) is 12.4. The largest absolute Gasteiger partial charge is 0.483 e. The molecule has 0 bridgehead atoms. The molecule has 1 aromatic rings. The number of nitrogens with zero attached hydrogens (tertiary/aromatic N) is 3. The predicted octanol–water partition coefficient (Wildman–Crippen LogP) is 4.16. The molecule has 0 amide bonds. The Labute approximate surface area is 151 Å². The molecule has 150 valence electrons. The molecule has 1 unspecified atom stereocenters. The smallest absolute Gasteiger partial charge is 0.422 e. The highest BCUT2D eigenvalue weighted by Crippen LogP contribution is 2.27. The molecule has 0 saturated carbocycles. The molecule has 2 atom stereocenters. The predicted molar refractivity (Wildman–Crippen MR) is 82.5 cm³/mol. The number of alkyl halides is 6. The standard InChI is InChI=1S/C16H17F6N3O2/c1-10-3-4-12(26-8-15(17,18)19)7-25(10)11(2)13-5-24-14(6-23-13)27-9-16(20,21)22/h3-7,10-11H,8-9H2,1-2H3/t10-,11?/m1/s1. The Kier molecular flexibility index (Phi) is 6.22. The third kappa shape index (κ3) is 6.65. The van der Waals surface area contributed by atoms with Gasteiger partial charge in [-0.3, -0.25) is 4.98 Å². The maximum Gasteiger partial charge on any atom is 0.422 e. The minimum atomic E-state index is -4.49. The zero-order valence-corrected chi connectivity index (χ0v) is 14.4. The van der Waals surface area contributed by atoms with Crippen LogP contribution in [0.3, 0.4) is 0 Å². The molecule has 0 radical (unpaired) electrons. The van der Waals surface area contributed by atoms with E-state index in [1.54, 1.807) is 17.9 Å². The van der Waals surface area contributed by atoms with Gasteiger partial charge >= 0.3 is 12.4 Å². The molecule has 1 aliphatic heterocycles. The van der Waals surface area contributed by atoms with E-state index < -0.39 is 31.6 Å². The van der Waals surface area contributed by atoms with Gasteiger partial charge in [0.25, 0.3) is 0 Å². The summed E-state index contributed by atoms with van der Waals surface area (Å²) in [5.74, 6) is -0.241. The van der Waals surface area contributed by atoms with Gasteiger partial charge in [0, 0.05) is 12.2 Å². The molecule has 27 heavy (non-hydrogen) atoms. The van der Waals surface area contributed by atoms with Crippen molar-refractivity contribution in [3.63, 3.8) is 0 Å². The van der Waals surface area contributed by atoms with Crippen molar-refractivity contribution in [2.75, 3.05) is 13.2 Å². The third-order valence-electron chi connectivity index (χ3n) is 3.60. The molecule has 1 aliphatic rings. The van der Waals surface area contributed by atoms with Crippen LogP contribution in [0.2, 0.25) is 0 Å². The second kappa shape index (κ2) is 8.05. The van der Waals surface area contributed by atoms with Crippen molar-refractivity contribution >= 4 is 0 Å². The molecule has 0 N–H and O–H groups in total. The minimum absolute atomic E-state index is 0.0374. The molecule has 11 heteroatoms. The zero-order chi connectivity index (χ0) is 20.2. The van der Waals surface area contributed by atoms with E-state index in [1.165, 1.54) is 18.5 Å². The van der Waals surface area contributed by atoms with Crippen molar-refractivity contribution in [3.05, 3.63) is 42.2 Å². The van der Waals surface area contributed by atoms with E-state index >= 15 is 0 Å². The summed E-state index contributed by atoms with van der Waals surface area (Å²) in [6.45, 7) is 0.657. The maximum atomic E-state index is 12.3. The van der Waals surface area contributed by atoms with Gasteiger partial charge < -0.3 is 14.4 Å². The Morgan fingerprint density at radius 2 is 1.67 bits per heavy atom. The number of allylic oxidation sites excluding steroid dienone is 1. The van der Waals surface area contributed by atoms with E-state index in [1.807, 2.05) is 6.92 Å². The maximum absolute atomic E-state index is 12.3. The van der Waals surface area contributed by atoms with Crippen molar-refractivity contribution in [1.29, 1.82) is 0 Å². The average molecular weight is 397 g/mol. The van der Waals surface area contributed by atoms with Gasteiger partial charge in [-0.25, -0.2) is 4.98 Å². The van der Waals surface area contributed by atoms with Crippen LogP contribution in [0.4, 0.5) is 26.3 Å². The average Bonchev–Trinajstić information content (AvgIpc) is 2.58. The Hall–Kier alpha value is -2.46. The van der Waals surface area contributed by atoms with Crippen LogP contribution < -0.4 is 4.74 Å². The minimum Gasteiger partial charge on any atom is -0.483 e. The zero-order valence-electron chi connectivity index (χ0n) is 14.4. The summed E-state index contributed by atoms with van der Waals surface area (Å²) in [4.78, 5) is 9.51. The summed E-state index contributed by atoms with van der Waals surface area (Å²) in [5.41, 5.74) is 0.405. The van der Waals surface area contributed by atoms with Crippen molar-refractivity contribution in [2.45, 2.75) is 38.3 Å². The molecule has 0 saturated heterocycles. The van der Waals surface area contributed by atoms with E-state index in [0.29, 0.717) is 5.69 Å². The van der Waals surface area contributed by atoms with Gasteiger partial charge in [-0.05, 0) is 19.9 Å². The SMILES string of the molecule is CC(c1cnc(OCC(F)(F)F)cn1)N1C=C(OCC(F)(F)F)C=C[C@H]1C. The second-order valence-electron chi connectivity index (χ2n) is 5.84. The molecule has 0 fully saturated rings. The van der Waals surface area contributed by atoms with Gasteiger partial charge in [0.15, 0.2) is 13.2 Å². The van der Waals surface area contributed by atoms with E-state index in [9.17, 15) is 26.3 Å². The Morgan fingerprint density at radius 3 is 2.22 bits per heavy atom. The molecule has 2 rings (SSSR count). The van der Waals surface area contributed by atoms with Gasteiger partial charge in [0.1, 0.15) is 5.76 Å². The molecule has 0 aromatic carbocycles. The number of hydrogen-bond acceptors (Lipinski definition) is 5. The van der Waals surface area contributed by atoms with Crippen molar-refractivity contribution in [3.8, 4) is 5.88 Å². The quantitative estimate of drug-likeness (QED) is 0.675. The number of hydrogen-bond donors (Lipinski definition) is 0. The van der Waals surface area contributed by atoms with Crippen LogP contribution in [0.5, 0.6) is 5.88 Å². The molecular formula is C16H17F6N3O2. The molecule has 0 spiro atoms. The molecular weight excluding hydrogens is 380 g/mol. The fraction of sp³-hybridized carbons (Fsp3) is 0.500. The summed E-state index contributed by atoms with van der Waals surface area (Å²) in [6.07, 6.45) is -2.09. The summed E-state index contributed by atoms with van der Waals surface area (Å²) in [6, 6.07) is -0.584. The summed E-state index contributed by atoms with van der Waals surface area (Å²) in [5, 5.41) is 0. The third-order valence-corrected chi connectivity index (χ3v) is 3.60. The first kappa shape index (κ1) is 20.8. The second-order valence-corrected chi connectivity index (χ2v) is 5.84. The van der Waals surface area contributed by atoms with Crippen LogP contribution in [-0.4, -0.2) is 46.5 Å². The number of rotatable bonds is 6. The highest BCUT2D eigenvalue weighted by atomic mass is 19.4. The topological polar surface area (TPSA) is 47.5 Å². The highest BCUT2D eigenvalue weighted by Gasteiger charge is 2.30. The normalized spacial score (nSPS) is 18.9. The summed E-state index contributed by atoms with van der Waals surface area (Å²) < 4.78 is 82.5. The Balaban J connectivity index is 2.05. The van der Waals surface area contributed by atoms with E-state index in [-0.39, 0.29) is 17.7 Å². The molecule has 0 aliphatic carbocycles. The van der Waals surface area contributed by atoms with E-state index in [0.717, 1.165) is 6.20 Å². The van der Waals surface area contributed by atoms with Crippen LogP contribution in [0.15, 0.2) is 36.5 Å². The van der Waals surface area contributed by atoms with Crippen molar-refractivity contribution in [2.24, 2.45) is 0 Å². The summed E-state index contributed by atoms with van der Waals surface area (Å²) in [7, 11) is 0. The van der Waals surface area contributed by atoms with Crippen molar-refractivity contribution in [1.82, 2.24) is 14.9 Å². The Morgan fingerprint density at radius 1 is 1.04 bits per heavy atom.